The van der Waals surface area contributed by atoms with Crippen LogP contribution in [0.5, 0.6) is 0 Å². The number of rotatable bonds is 6. The summed E-state index contributed by atoms with van der Waals surface area (Å²) in [5.74, 6) is -0.389. The predicted octanol–water partition coefficient (Wildman–Crippen LogP) is 2.75. The average molecular weight is 407 g/mol. The zero-order valence-corrected chi connectivity index (χ0v) is 14.2. The van der Waals surface area contributed by atoms with Crippen LogP contribution in [0.4, 0.5) is 13.2 Å². The Kier molecular flexibility index (Phi) is 6.54. The molecule has 0 saturated carbocycles. The van der Waals surface area contributed by atoms with Crippen LogP contribution in [-0.4, -0.2) is 26.2 Å². The van der Waals surface area contributed by atoms with Gasteiger partial charge in [0.15, 0.2) is 0 Å². The molecule has 0 spiro atoms. The number of hydrogen-bond donors (Lipinski definition) is 2. The standard InChI is InChI=1S/C11H14BrF3N2O2S2/c1-7-9(12)4-8(6-16)5-10(7)21(18,19)17-2-3-20-11(13,14)15/h4-5,17H,2-3,6,16H2,1H3. The first-order valence-electron chi connectivity index (χ1n) is 5.76. The first-order valence-corrected chi connectivity index (χ1v) is 9.02. The third-order valence-corrected chi connectivity index (χ3v) is 5.69. The number of halogens is 4. The third-order valence-electron chi connectivity index (χ3n) is 2.54. The number of hydrogen-bond acceptors (Lipinski definition) is 4. The summed E-state index contributed by atoms with van der Waals surface area (Å²) in [4.78, 5) is 0.00864. The summed E-state index contributed by atoms with van der Waals surface area (Å²) in [5.41, 5.74) is 2.20. The fraction of sp³-hybridized carbons (Fsp3) is 0.455. The van der Waals surface area contributed by atoms with Gasteiger partial charge >= 0.3 is 5.51 Å². The van der Waals surface area contributed by atoms with Gasteiger partial charge in [-0.25, -0.2) is 13.1 Å². The van der Waals surface area contributed by atoms with Crippen LogP contribution in [0.25, 0.3) is 0 Å². The summed E-state index contributed by atoms with van der Waals surface area (Å²) in [6.45, 7) is 1.45. The van der Waals surface area contributed by atoms with E-state index in [-0.39, 0.29) is 35.5 Å². The molecule has 4 nitrogen and oxygen atoms in total. The van der Waals surface area contributed by atoms with Gasteiger partial charge in [-0.2, -0.15) is 13.2 Å². The zero-order chi connectivity index (χ0) is 16.3. The van der Waals surface area contributed by atoms with Gasteiger partial charge < -0.3 is 5.73 Å². The highest BCUT2D eigenvalue weighted by molar-refractivity contribution is 9.10. The minimum atomic E-state index is -4.37. The topological polar surface area (TPSA) is 72.2 Å². The van der Waals surface area contributed by atoms with Crippen LogP contribution in [0, 0.1) is 6.92 Å². The molecule has 1 aromatic carbocycles. The van der Waals surface area contributed by atoms with Crippen LogP contribution in [-0.2, 0) is 16.6 Å². The molecule has 0 aliphatic rings. The molecule has 1 aromatic rings. The van der Waals surface area contributed by atoms with Crippen molar-refractivity contribution in [3.63, 3.8) is 0 Å². The van der Waals surface area contributed by atoms with Gasteiger partial charge in [0.05, 0.1) is 4.90 Å². The van der Waals surface area contributed by atoms with Crippen LogP contribution in [0.15, 0.2) is 21.5 Å². The van der Waals surface area contributed by atoms with Crippen molar-refractivity contribution in [2.75, 3.05) is 12.3 Å². The molecule has 3 N–H and O–H groups in total. The van der Waals surface area contributed by atoms with Crippen molar-refractivity contribution < 1.29 is 21.6 Å². The fourth-order valence-corrected chi connectivity index (χ4v) is 4.07. The normalized spacial score (nSPS) is 12.7. The molecule has 0 saturated heterocycles. The highest BCUT2D eigenvalue weighted by Crippen LogP contribution is 2.30. The first kappa shape index (κ1) is 18.8. The Morgan fingerprint density at radius 3 is 2.52 bits per heavy atom. The van der Waals surface area contributed by atoms with E-state index in [1.54, 1.807) is 13.0 Å². The van der Waals surface area contributed by atoms with Crippen molar-refractivity contribution in [3.05, 3.63) is 27.7 Å². The number of nitrogens with two attached hydrogens (primary N) is 1. The second-order valence-electron chi connectivity index (χ2n) is 4.10. The van der Waals surface area contributed by atoms with Gasteiger partial charge in [0.1, 0.15) is 0 Å². The largest absolute Gasteiger partial charge is 0.441 e. The molecule has 120 valence electrons. The fourth-order valence-electron chi connectivity index (χ4n) is 1.52. The second-order valence-corrected chi connectivity index (χ2v) is 7.85. The van der Waals surface area contributed by atoms with E-state index in [4.69, 9.17) is 5.73 Å². The zero-order valence-electron chi connectivity index (χ0n) is 11.0. The molecule has 0 unspecified atom stereocenters. The Morgan fingerprint density at radius 2 is 2.00 bits per heavy atom. The molecule has 0 heterocycles. The maximum absolute atomic E-state index is 12.1. The monoisotopic (exact) mass is 406 g/mol. The van der Waals surface area contributed by atoms with Crippen molar-refractivity contribution in [1.82, 2.24) is 4.72 Å². The first-order chi connectivity index (χ1) is 9.57. The molecule has 0 fully saturated rings. The van der Waals surface area contributed by atoms with Gasteiger partial charge in [0.25, 0.3) is 0 Å². The van der Waals surface area contributed by atoms with Gasteiger partial charge in [-0.05, 0) is 41.9 Å². The van der Waals surface area contributed by atoms with Crippen molar-refractivity contribution >= 4 is 37.7 Å². The molecular weight excluding hydrogens is 393 g/mol. The number of benzene rings is 1. The minimum Gasteiger partial charge on any atom is -0.326 e. The van der Waals surface area contributed by atoms with Crippen LogP contribution < -0.4 is 10.5 Å². The molecular formula is C11H14BrF3N2O2S2. The highest BCUT2D eigenvalue weighted by atomic mass is 79.9. The molecule has 0 bridgehead atoms. The molecule has 0 radical (unpaired) electrons. The van der Waals surface area contributed by atoms with E-state index in [2.05, 4.69) is 20.7 Å². The number of nitrogens with one attached hydrogen (secondary N) is 1. The summed E-state index contributed by atoms with van der Waals surface area (Å²) in [7, 11) is -3.88. The van der Waals surface area contributed by atoms with E-state index in [1.165, 1.54) is 6.07 Å². The smallest absolute Gasteiger partial charge is 0.326 e. The van der Waals surface area contributed by atoms with E-state index < -0.39 is 15.5 Å². The lowest BCUT2D eigenvalue weighted by molar-refractivity contribution is -0.0327. The van der Waals surface area contributed by atoms with E-state index in [0.717, 1.165) is 0 Å². The van der Waals surface area contributed by atoms with Gasteiger partial charge in [-0.15, -0.1) is 0 Å². The lowest BCUT2D eigenvalue weighted by Crippen LogP contribution is -2.27. The minimum absolute atomic E-state index is 0.00864. The molecule has 1 rings (SSSR count). The van der Waals surface area contributed by atoms with Gasteiger partial charge in [-0.3, -0.25) is 0 Å². The summed E-state index contributed by atoms with van der Waals surface area (Å²) >= 11 is 2.97. The summed E-state index contributed by atoms with van der Waals surface area (Å²) < 4.78 is 62.9. The summed E-state index contributed by atoms with van der Waals surface area (Å²) in [6.07, 6.45) is 0. The highest BCUT2D eigenvalue weighted by Gasteiger charge is 2.28. The Labute approximate surface area is 133 Å². The van der Waals surface area contributed by atoms with Crippen LogP contribution >= 0.6 is 27.7 Å². The number of thioether (sulfide) groups is 1. The van der Waals surface area contributed by atoms with Gasteiger partial charge in [-0.1, -0.05) is 15.9 Å². The van der Waals surface area contributed by atoms with Crippen LogP contribution in [0.1, 0.15) is 11.1 Å². The van der Waals surface area contributed by atoms with Crippen molar-refractivity contribution in [2.45, 2.75) is 23.9 Å². The van der Waals surface area contributed by atoms with Gasteiger partial charge in [0, 0.05) is 23.3 Å². The number of alkyl halides is 3. The van der Waals surface area contributed by atoms with E-state index >= 15 is 0 Å². The van der Waals surface area contributed by atoms with Crippen LogP contribution in [0.3, 0.4) is 0 Å². The maximum Gasteiger partial charge on any atom is 0.441 e. The molecule has 21 heavy (non-hydrogen) atoms. The van der Waals surface area contributed by atoms with E-state index in [1.807, 2.05) is 0 Å². The molecule has 0 amide bonds. The molecule has 0 aliphatic heterocycles. The lowest BCUT2D eigenvalue weighted by Gasteiger charge is -2.12. The Morgan fingerprint density at radius 1 is 1.38 bits per heavy atom. The maximum atomic E-state index is 12.1. The Bertz CT molecular complexity index is 606. The van der Waals surface area contributed by atoms with Crippen molar-refractivity contribution in [2.24, 2.45) is 5.73 Å². The summed E-state index contributed by atoms with van der Waals surface area (Å²) in [6, 6.07) is 3.12. The van der Waals surface area contributed by atoms with Crippen molar-refractivity contribution in [1.29, 1.82) is 0 Å². The molecule has 0 atom stereocenters. The molecule has 0 aromatic heterocycles. The Balaban J connectivity index is 2.86. The average Bonchev–Trinajstić information content (AvgIpc) is 2.36. The van der Waals surface area contributed by atoms with E-state index in [9.17, 15) is 21.6 Å². The summed E-state index contributed by atoms with van der Waals surface area (Å²) in [5, 5.41) is 0. The quantitative estimate of drug-likeness (QED) is 0.712. The molecule has 10 heteroatoms. The second kappa shape index (κ2) is 7.32. The lowest BCUT2D eigenvalue weighted by atomic mass is 10.1. The van der Waals surface area contributed by atoms with Crippen LogP contribution in [0.2, 0.25) is 0 Å². The van der Waals surface area contributed by atoms with Gasteiger partial charge in [0.2, 0.25) is 10.0 Å². The Hall–Kier alpha value is -0.290. The predicted molar refractivity (Wildman–Crippen MR) is 80.5 cm³/mol. The van der Waals surface area contributed by atoms with E-state index in [0.29, 0.717) is 15.6 Å². The number of sulfonamides is 1. The van der Waals surface area contributed by atoms with Crippen molar-refractivity contribution in [3.8, 4) is 0 Å². The third kappa shape index (κ3) is 5.78. The SMILES string of the molecule is Cc1c(Br)cc(CN)cc1S(=O)(=O)NCCSC(F)(F)F. The molecule has 0 aliphatic carbocycles.